The molecule has 1 amide bonds. The average molecular weight is 356 g/mol. The molecule has 3 heterocycles. The predicted molar refractivity (Wildman–Crippen MR) is 107 cm³/mol. The van der Waals surface area contributed by atoms with Gasteiger partial charge in [-0.3, -0.25) is 9.78 Å². The molecule has 0 aliphatic heterocycles. The highest BCUT2D eigenvalue weighted by Crippen LogP contribution is 2.27. The third-order valence-corrected chi connectivity index (χ3v) is 4.65. The minimum absolute atomic E-state index is 0.00402. The number of rotatable bonds is 3. The number of hydrogen-bond donors (Lipinski definition) is 0. The normalized spacial score (nSPS) is 10.9. The van der Waals surface area contributed by atoms with Gasteiger partial charge in [-0.2, -0.15) is 0 Å². The van der Waals surface area contributed by atoms with E-state index in [1.54, 1.807) is 19.0 Å². The van der Waals surface area contributed by atoms with Crippen molar-refractivity contribution in [2.24, 2.45) is 7.05 Å². The molecular weight excluding hydrogens is 336 g/mol. The first-order valence-corrected chi connectivity index (χ1v) is 8.71. The predicted octanol–water partition coefficient (Wildman–Crippen LogP) is 4.00. The first-order valence-electron chi connectivity index (χ1n) is 8.71. The topological polar surface area (TPSA) is 51.0 Å². The number of benzene rings is 1. The molecule has 4 rings (SSSR count). The van der Waals surface area contributed by atoms with Crippen LogP contribution in [-0.4, -0.2) is 39.4 Å². The summed E-state index contributed by atoms with van der Waals surface area (Å²) in [6.07, 6.45) is 7.56. The molecule has 0 atom stereocenters. The Hall–Kier alpha value is -3.47. The maximum atomic E-state index is 12.0. The van der Waals surface area contributed by atoms with Crippen molar-refractivity contribution in [3.8, 4) is 22.3 Å². The summed E-state index contributed by atoms with van der Waals surface area (Å²) in [6, 6.07) is 13.9. The van der Waals surface area contributed by atoms with Crippen LogP contribution in [0.15, 0.2) is 67.3 Å². The monoisotopic (exact) mass is 356 g/mol. The van der Waals surface area contributed by atoms with Crippen molar-refractivity contribution >= 4 is 16.9 Å². The first kappa shape index (κ1) is 17.0. The van der Waals surface area contributed by atoms with Gasteiger partial charge in [0.05, 0.1) is 0 Å². The third kappa shape index (κ3) is 3.19. The second kappa shape index (κ2) is 6.68. The summed E-state index contributed by atoms with van der Waals surface area (Å²) >= 11 is 0. The number of nitrogens with zero attached hydrogens (tertiary/aromatic N) is 4. The number of carbonyl (C=O) groups excluding carboxylic acids is 1. The van der Waals surface area contributed by atoms with E-state index in [1.807, 2.05) is 60.7 Å². The summed E-state index contributed by atoms with van der Waals surface area (Å²) in [5.74, 6) is -0.00402. The van der Waals surface area contributed by atoms with E-state index in [-0.39, 0.29) is 5.91 Å². The number of amides is 1. The largest absolute Gasteiger partial charge is 0.345 e. The molecule has 0 radical (unpaired) electrons. The van der Waals surface area contributed by atoms with Crippen LogP contribution < -0.4 is 0 Å². The standard InChI is InChI=1S/C22H20N4O/c1-25(2)22(27)16-6-4-15(5-7-16)18-11-19(13-23-12-18)20-10-17-8-9-26(3)21(17)24-14-20/h4-14H,1-3H3. The van der Waals surface area contributed by atoms with Crippen molar-refractivity contribution in [1.29, 1.82) is 0 Å². The first-order chi connectivity index (χ1) is 13.0. The van der Waals surface area contributed by atoms with Crippen LogP contribution in [0.2, 0.25) is 0 Å². The van der Waals surface area contributed by atoms with Crippen LogP contribution in [0.4, 0.5) is 0 Å². The summed E-state index contributed by atoms with van der Waals surface area (Å²) in [5, 5.41) is 1.10. The Morgan fingerprint density at radius 2 is 1.56 bits per heavy atom. The Morgan fingerprint density at radius 3 is 2.26 bits per heavy atom. The Balaban J connectivity index is 1.68. The second-order valence-electron chi connectivity index (χ2n) is 6.80. The quantitative estimate of drug-likeness (QED) is 0.557. The highest BCUT2D eigenvalue weighted by atomic mass is 16.2. The van der Waals surface area contributed by atoms with Gasteiger partial charge in [0.15, 0.2) is 0 Å². The number of fused-ring (bicyclic) bond motifs is 1. The lowest BCUT2D eigenvalue weighted by atomic mass is 10.0. The van der Waals surface area contributed by atoms with E-state index in [9.17, 15) is 4.79 Å². The molecule has 0 spiro atoms. The van der Waals surface area contributed by atoms with Crippen LogP contribution >= 0.6 is 0 Å². The van der Waals surface area contributed by atoms with Crippen LogP contribution in [0.25, 0.3) is 33.3 Å². The summed E-state index contributed by atoms with van der Waals surface area (Å²) in [4.78, 5) is 22.6. The molecule has 0 saturated carbocycles. The smallest absolute Gasteiger partial charge is 0.253 e. The van der Waals surface area contributed by atoms with Gasteiger partial charge in [0.1, 0.15) is 5.65 Å². The second-order valence-corrected chi connectivity index (χ2v) is 6.80. The Kier molecular flexibility index (Phi) is 4.20. The van der Waals surface area contributed by atoms with Crippen LogP contribution in [0.1, 0.15) is 10.4 Å². The van der Waals surface area contributed by atoms with E-state index in [0.717, 1.165) is 33.3 Å². The summed E-state index contributed by atoms with van der Waals surface area (Å²) in [7, 11) is 5.49. The molecule has 3 aromatic heterocycles. The van der Waals surface area contributed by atoms with Gasteiger partial charge in [0, 0.05) is 73.6 Å². The fourth-order valence-electron chi connectivity index (χ4n) is 3.13. The van der Waals surface area contributed by atoms with Gasteiger partial charge < -0.3 is 9.47 Å². The molecule has 0 aliphatic carbocycles. The molecule has 0 fully saturated rings. The molecule has 5 heteroatoms. The maximum Gasteiger partial charge on any atom is 0.253 e. The SMILES string of the molecule is CN(C)C(=O)c1ccc(-c2cncc(-c3cnc4c(ccn4C)c3)c2)cc1. The Bertz CT molecular complexity index is 1130. The van der Waals surface area contributed by atoms with Crippen LogP contribution in [-0.2, 0) is 7.05 Å². The van der Waals surface area contributed by atoms with Gasteiger partial charge in [0.2, 0.25) is 0 Å². The van der Waals surface area contributed by atoms with Crippen molar-refractivity contribution in [1.82, 2.24) is 19.4 Å². The third-order valence-electron chi connectivity index (χ3n) is 4.65. The molecular formula is C22H20N4O. The van der Waals surface area contributed by atoms with Crippen LogP contribution in [0.5, 0.6) is 0 Å². The molecule has 1 aromatic carbocycles. The molecule has 5 nitrogen and oxygen atoms in total. The number of carbonyl (C=O) groups is 1. The van der Waals surface area contributed by atoms with E-state index in [1.165, 1.54) is 0 Å². The van der Waals surface area contributed by atoms with Crippen LogP contribution in [0.3, 0.4) is 0 Å². The highest BCUT2D eigenvalue weighted by Gasteiger charge is 2.09. The molecule has 0 unspecified atom stereocenters. The molecule has 0 saturated heterocycles. The van der Waals surface area contributed by atoms with E-state index >= 15 is 0 Å². The zero-order chi connectivity index (χ0) is 19.0. The fourth-order valence-corrected chi connectivity index (χ4v) is 3.13. The molecule has 27 heavy (non-hydrogen) atoms. The van der Waals surface area contributed by atoms with Crippen molar-refractivity contribution in [2.75, 3.05) is 14.1 Å². The van der Waals surface area contributed by atoms with Gasteiger partial charge in [-0.15, -0.1) is 0 Å². The highest BCUT2D eigenvalue weighted by molar-refractivity contribution is 5.94. The van der Waals surface area contributed by atoms with Crippen LogP contribution in [0, 0.1) is 0 Å². The molecule has 0 N–H and O–H groups in total. The van der Waals surface area contributed by atoms with Gasteiger partial charge >= 0.3 is 0 Å². The molecule has 0 bridgehead atoms. The average Bonchev–Trinajstić information content (AvgIpc) is 3.08. The minimum Gasteiger partial charge on any atom is -0.345 e. The maximum absolute atomic E-state index is 12.0. The lowest BCUT2D eigenvalue weighted by molar-refractivity contribution is 0.0827. The molecule has 4 aromatic rings. The zero-order valence-electron chi connectivity index (χ0n) is 15.5. The van der Waals surface area contributed by atoms with Crippen molar-refractivity contribution < 1.29 is 4.79 Å². The Morgan fingerprint density at radius 1 is 0.889 bits per heavy atom. The summed E-state index contributed by atoms with van der Waals surface area (Å²) < 4.78 is 2.00. The lowest BCUT2D eigenvalue weighted by Crippen LogP contribution is -2.21. The van der Waals surface area contributed by atoms with Gasteiger partial charge in [-0.25, -0.2) is 4.98 Å². The number of hydrogen-bond acceptors (Lipinski definition) is 3. The number of pyridine rings is 2. The number of aromatic nitrogens is 3. The van der Waals surface area contributed by atoms with Gasteiger partial charge in [0.25, 0.3) is 5.91 Å². The van der Waals surface area contributed by atoms with E-state index < -0.39 is 0 Å². The summed E-state index contributed by atoms with van der Waals surface area (Å²) in [6.45, 7) is 0. The Labute approximate surface area is 157 Å². The fraction of sp³-hybridized carbons (Fsp3) is 0.136. The molecule has 0 aliphatic rings. The summed E-state index contributed by atoms with van der Waals surface area (Å²) in [5.41, 5.74) is 5.70. The van der Waals surface area contributed by atoms with Gasteiger partial charge in [-0.05, 0) is 35.9 Å². The molecule has 134 valence electrons. The van der Waals surface area contributed by atoms with E-state index in [0.29, 0.717) is 5.56 Å². The minimum atomic E-state index is -0.00402. The number of aryl methyl sites for hydroxylation is 1. The zero-order valence-corrected chi connectivity index (χ0v) is 15.5. The van der Waals surface area contributed by atoms with E-state index in [2.05, 4.69) is 28.2 Å². The van der Waals surface area contributed by atoms with Crippen molar-refractivity contribution in [3.05, 3.63) is 72.8 Å². The lowest BCUT2D eigenvalue weighted by Gasteiger charge is -2.11. The van der Waals surface area contributed by atoms with Crippen molar-refractivity contribution in [2.45, 2.75) is 0 Å². The van der Waals surface area contributed by atoms with Gasteiger partial charge in [-0.1, -0.05) is 12.1 Å². The van der Waals surface area contributed by atoms with Crippen molar-refractivity contribution in [3.63, 3.8) is 0 Å². The van der Waals surface area contributed by atoms with E-state index in [4.69, 9.17) is 0 Å².